The Bertz CT molecular complexity index is 517. The van der Waals surface area contributed by atoms with E-state index in [0.29, 0.717) is 12.5 Å². The fraction of sp³-hybridized carbons (Fsp3) is 0.562. The van der Waals surface area contributed by atoms with Gasteiger partial charge in [0.2, 0.25) is 0 Å². The average Bonchev–Trinajstić information content (AvgIpc) is 2.57. The van der Waals surface area contributed by atoms with Crippen molar-refractivity contribution >= 4 is 18.3 Å². The van der Waals surface area contributed by atoms with E-state index in [1.807, 2.05) is 0 Å². The predicted molar refractivity (Wildman–Crippen MR) is 85.1 cm³/mol. The van der Waals surface area contributed by atoms with Crippen molar-refractivity contribution in [3.63, 3.8) is 0 Å². The van der Waals surface area contributed by atoms with Gasteiger partial charge in [0.05, 0.1) is 5.56 Å². The van der Waals surface area contributed by atoms with Crippen molar-refractivity contribution in [1.29, 1.82) is 0 Å². The molecule has 0 aliphatic heterocycles. The maximum absolute atomic E-state index is 13.5. The number of halogens is 2. The van der Waals surface area contributed by atoms with E-state index < -0.39 is 5.82 Å². The van der Waals surface area contributed by atoms with E-state index >= 15 is 0 Å². The van der Waals surface area contributed by atoms with Crippen molar-refractivity contribution in [3.05, 3.63) is 35.6 Å². The van der Waals surface area contributed by atoms with Gasteiger partial charge in [0.1, 0.15) is 5.82 Å². The summed E-state index contributed by atoms with van der Waals surface area (Å²) in [6, 6.07) is 6.03. The van der Waals surface area contributed by atoms with Gasteiger partial charge in [-0.3, -0.25) is 4.79 Å². The average molecular weight is 315 g/mol. The summed E-state index contributed by atoms with van der Waals surface area (Å²) in [5, 5.41) is 2.84. The van der Waals surface area contributed by atoms with Crippen molar-refractivity contribution in [2.45, 2.75) is 39.2 Å². The third-order valence-electron chi connectivity index (χ3n) is 5.13. The molecule has 0 heterocycles. The van der Waals surface area contributed by atoms with Gasteiger partial charge in [-0.1, -0.05) is 26.0 Å². The number of hydrogen-bond acceptors (Lipinski definition) is 2. The van der Waals surface area contributed by atoms with E-state index in [4.69, 9.17) is 5.73 Å². The highest BCUT2D eigenvalue weighted by Crippen LogP contribution is 2.48. The molecular formula is C16H24ClFN2O. The SMILES string of the molecule is CC1(C)[C@@H](CNC(=O)c2ccccc2F)CC[C@@]1(C)N.Cl. The number of rotatable bonds is 3. The Morgan fingerprint density at radius 1 is 1.38 bits per heavy atom. The summed E-state index contributed by atoms with van der Waals surface area (Å²) in [7, 11) is 0. The first-order valence-electron chi connectivity index (χ1n) is 7.07. The minimum absolute atomic E-state index is 0. The van der Waals surface area contributed by atoms with Gasteiger partial charge in [-0.2, -0.15) is 0 Å². The summed E-state index contributed by atoms with van der Waals surface area (Å²) in [6.07, 6.45) is 1.93. The molecule has 1 aromatic carbocycles. The van der Waals surface area contributed by atoms with Crippen LogP contribution in [0.4, 0.5) is 4.39 Å². The molecule has 3 N–H and O–H groups in total. The van der Waals surface area contributed by atoms with Crippen LogP contribution >= 0.6 is 12.4 Å². The molecular weight excluding hydrogens is 291 g/mol. The van der Waals surface area contributed by atoms with E-state index in [1.165, 1.54) is 12.1 Å². The summed E-state index contributed by atoms with van der Waals surface area (Å²) in [5.41, 5.74) is 6.14. The maximum Gasteiger partial charge on any atom is 0.254 e. The molecule has 1 saturated carbocycles. The zero-order valence-electron chi connectivity index (χ0n) is 12.8. The quantitative estimate of drug-likeness (QED) is 0.900. The molecule has 0 radical (unpaired) electrons. The maximum atomic E-state index is 13.5. The number of carbonyl (C=O) groups is 1. The fourth-order valence-electron chi connectivity index (χ4n) is 2.94. The number of benzene rings is 1. The van der Waals surface area contributed by atoms with Gasteiger partial charge >= 0.3 is 0 Å². The lowest BCUT2D eigenvalue weighted by Crippen LogP contribution is -2.49. The molecule has 0 spiro atoms. The normalized spacial score (nSPS) is 27.0. The molecule has 0 aromatic heterocycles. The van der Waals surface area contributed by atoms with Crippen LogP contribution in [0.1, 0.15) is 44.0 Å². The third-order valence-corrected chi connectivity index (χ3v) is 5.13. The van der Waals surface area contributed by atoms with Crippen LogP contribution in [0.5, 0.6) is 0 Å². The lowest BCUT2D eigenvalue weighted by molar-refractivity contribution is 0.0920. The molecule has 3 nitrogen and oxygen atoms in total. The number of nitrogens with two attached hydrogens (primary N) is 1. The Kier molecular flexibility index (Phi) is 5.40. The second-order valence-corrected chi connectivity index (χ2v) is 6.56. The van der Waals surface area contributed by atoms with Crippen LogP contribution in [-0.4, -0.2) is 18.0 Å². The van der Waals surface area contributed by atoms with Crippen molar-refractivity contribution < 1.29 is 9.18 Å². The van der Waals surface area contributed by atoms with Crippen LogP contribution in [-0.2, 0) is 0 Å². The Balaban J connectivity index is 0.00000220. The number of nitrogens with one attached hydrogen (secondary N) is 1. The molecule has 0 unspecified atom stereocenters. The highest BCUT2D eigenvalue weighted by molar-refractivity contribution is 5.94. The topological polar surface area (TPSA) is 55.1 Å². The molecule has 0 bridgehead atoms. The van der Waals surface area contributed by atoms with Gasteiger partial charge in [-0.15, -0.1) is 12.4 Å². The van der Waals surface area contributed by atoms with E-state index in [9.17, 15) is 9.18 Å². The zero-order chi connectivity index (χ0) is 15.0. The molecule has 1 amide bonds. The van der Waals surface area contributed by atoms with E-state index in [1.54, 1.807) is 12.1 Å². The van der Waals surface area contributed by atoms with Gasteiger partial charge < -0.3 is 11.1 Å². The molecule has 1 aromatic rings. The van der Waals surface area contributed by atoms with Gasteiger partial charge in [-0.05, 0) is 43.2 Å². The second-order valence-electron chi connectivity index (χ2n) is 6.56. The van der Waals surface area contributed by atoms with Gasteiger partial charge in [0.15, 0.2) is 0 Å². The second kappa shape index (κ2) is 6.32. The van der Waals surface area contributed by atoms with Crippen molar-refractivity contribution in [2.75, 3.05) is 6.54 Å². The Morgan fingerprint density at radius 3 is 2.52 bits per heavy atom. The molecule has 2 rings (SSSR count). The van der Waals surface area contributed by atoms with Gasteiger partial charge in [0, 0.05) is 12.1 Å². The largest absolute Gasteiger partial charge is 0.352 e. The number of amides is 1. The predicted octanol–water partition coefficient (Wildman–Crippen LogP) is 3.13. The monoisotopic (exact) mass is 314 g/mol. The molecule has 21 heavy (non-hydrogen) atoms. The summed E-state index contributed by atoms with van der Waals surface area (Å²) in [4.78, 5) is 12.0. The summed E-state index contributed by atoms with van der Waals surface area (Å²) in [5.74, 6) is -0.530. The molecule has 5 heteroatoms. The van der Waals surface area contributed by atoms with Crippen LogP contribution < -0.4 is 11.1 Å². The molecule has 1 fully saturated rings. The Morgan fingerprint density at radius 2 is 2.00 bits per heavy atom. The van der Waals surface area contributed by atoms with Crippen LogP contribution in [0.15, 0.2) is 24.3 Å². The van der Waals surface area contributed by atoms with E-state index in [2.05, 4.69) is 26.1 Å². The van der Waals surface area contributed by atoms with Crippen molar-refractivity contribution in [1.82, 2.24) is 5.32 Å². The van der Waals surface area contributed by atoms with Crippen molar-refractivity contribution in [2.24, 2.45) is 17.1 Å². The number of carbonyl (C=O) groups excluding carboxylic acids is 1. The minimum Gasteiger partial charge on any atom is -0.352 e. The first kappa shape index (κ1) is 17.9. The number of hydrogen-bond donors (Lipinski definition) is 2. The molecule has 1 aliphatic carbocycles. The Hall–Kier alpha value is -1.13. The van der Waals surface area contributed by atoms with Gasteiger partial charge in [-0.25, -0.2) is 4.39 Å². The summed E-state index contributed by atoms with van der Waals surface area (Å²) < 4.78 is 13.5. The smallest absolute Gasteiger partial charge is 0.254 e. The lowest BCUT2D eigenvalue weighted by atomic mass is 9.72. The zero-order valence-corrected chi connectivity index (χ0v) is 13.6. The fourth-order valence-corrected chi connectivity index (χ4v) is 2.94. The summed E-state index contributed by atoms with van der Waals surface area (Å²) in [6.45, 7) is 6.87. The molecule has 0 saturated heterocycles. The van der Waals surface area contributed by atoms with Crippen molar-refractivity contribution in [3.8, 4) is 0 Å². The van der Waals surface area contributed by atoms with E-state index in [-0.39, 0.29) is 34.8 Å². The lowest BCUT2D eigenvalue weighted by Gasteiger charge is -2.39. The Labute approximate surface area is 131 Å². The highest BCUT2D eigenvalue weighted by atomic mass is 35.5. The van der Waals surface area contributed by atoms with Crippen LogP contribution in [0.3, 0.4) is 0 Å². The van der Waals surface area contributed by atoms with Gasteiger partial charge in [0.25, 0.3) is 5.91 Å². The minimum atomic E-state index is -0.487. The molecule has 2 atom stereocenters. The molecule has 118 valence electrons. The first-order valence-corrected chi connectivity index (χ1v) is 7.07. The summed E-state index contributed by atoms with van der Waals surface area (Å²) >= 11 is 0. The third kappa shape index (κ3) is 3.38. The van der Waals surface area contributed by atoms with Crippen LogP contribution in [0, 0.1) is 17.2 Å². The standard InChI is InChI=1S/C16H23FN2O.ClH/c1-15(2)11(8-9-16(15,3)18)10-19-14(20)12-6-4-5-7-13(12)17;/h4-7,11H,8-10,18H2,1-3H3,(H,19,20);1H/t11-,16-;/m1./s1. The highest BCUT2D eigenvalue weighted by Gasteiger charge is 2.48. The molecule has 1 aliphatic rings. The van der Waals surface area contributed by atoms with Crippen LogP contribution in [0.25, 0.3) is 0 Å². The first-order chi connectivity index (χ1) is 9.25. The van der Waals surface area contributed by atoms with Crippen LogP contribution in [0.2, 0.25) is 0 Å². The van der Waals surface area contributed by atoms with E-state index in [0.717, 1.165) is 12.8 Å².